The van der Waals surface area contributed by atoms with Crippen molar-refractivity contribution in [3.8, 4) is 5.75 Å². The molecule has 1 amide bonds. The lowest BCUT2D eigenvalue weighted by atomic mass is 9.95. The Hall–Kier alpha value is -2.12. The van der Waals surface area contributed by atoms with Gasteiger partial charge in [0.05, 0.1) is 19.2 Å². The Bertz CT molecular complexity index is 771. The molecule has 1 saturated heterocycles. The minimum absolute atomic E-state index is 0. The Kier molecular flexibility index (Phi) is 5.78. The number of hydrogen-bond donors (Lipinski definition) is 1. The summed E-state index contributed by atoms with van der Waals surface area (Å²) in [5.74, 6) is 3.16. The van der Waals surface area contributed by atoms with Crippen molar-refractivity contribution in [1.29, 1.82) is 0 Å². The summed E-state index contributed by atoms with van der Waals surface area (Å²) in [6.07, 6.45) is 1.85. The minimum Gasteiger partial charge on any atom is -0.496 e. The van der Waals surface area contributed by atoms with Crippen LogP contribution in [-0.2, 0) is 13.1 Å². The lowest BCUT2D eigenvalue weighted by Crippen LogP contribution is -2.39. The fourth-order valence-corrected chi connectivity index (χ4v) is 3.75. The summed E-state index contributed by atoms with van der Waals surface area (Å²) in [7, 11) is 1.60. The van der Waals surface area contributed by atoms with Crippen molar-refractivity contribution in [2.24, 2.45) is 0 Å². The van der Waals surface area contributed by atoms with E-state index in [1.165, 1.54) is 0 Å². The molecule has 8 heteroatoms. The minimum atomic E-state index is 0. The molecule has 4 rings (SSSR count). The van der Waals surface area contributed by atoms with E-state index < -0.39 is 0 Å². The van der Waals surface area contributed by atoms with Gasteiger partial charge in [0.1, 0.15) is 17.4 Å². The fourth-order valence-electron chi connectivity index (χ4n) is 3.75. The normalized spacial score (nSPS) is 17.3. The highest BCUT2D eigenvalue weighted by atomic mass is 35.5. The molecule has 1 N–H and O–H groups in total. The second kappa shape index (κ2) is 8.05. The van der Waals surface area contributed by atoms with Crippen molar-refractivity contribution in [1.82, 2.24) is 25.0 Å². The van der Waals surface area contributed by atoms with Gasteiger partial charge in [-0.15, -0.1) is 22.6 Å². The molecule has 2 aliphatic rings. The van der Waals surface area contributed by atoms with Gasteiger partial charge >= 0.3 is 0 Å². The maximum absolute atomic E-state index is 12.8. The number of halogens is 1. The number of carbonyl (C=O) groups excluding carboxylic acids is 1. The van der Waals surface area contributed by atoms with Gasteiger partial charge < -0.3 is 19.5 Å². The number of fused-ring (bicyclic) bond motifs is 1. The number of benzene rings is 1. The number of hydrogen-bond acceptors (Lipinski definition) is 5. The first-order chi connectivity index (χ1) is 12.3. The third-order valence-electron chi connectivity index (χ3n) is 5.14. The number of piperidine rings is 1. The highest BCUT2D eigenvalue weighted by Crippen LogP contribution is 2.29. The van der Waals surface area contributed by atoms with E-state index in [1.807, 2.05) is 29.2 Å². The molecule has 26 heavy (non-hydrogen) atoms. The van der Waals surface area contributed by atoms with Crippen LogP contribution in [0.2, 0.25) is 0 Å². The van der Waals surface area contributed by atoms with Crippen LogP contribution in [0, 0.1) is 0 Å². The zero-order valence-electron chi connectivity index (χ0n) is 14.9. The zero-order chi connectivity index (χ0) is 17.2. The van der Waals surface area contributed by atoms with Gasteiger partial charge in [-0.05, 0) is 25.0 Å². The van der Waals surface area contributed by atoms with Crippen LogP contribution in [0.1, 0.15) is 40.8 Å². The maximum atomic E-state index is 12.8. The molecule has 2 aliphatic heterocycles. The Morgan fingerprint density at radius 3 is 2.73 bits per heavy atom. The van der Waals surface area contributed by atoms with Crippen LogP contribution < -0.4 is 10.1 Å². The SMILES string of the molecule is COc1ccccc1C(=O)N1CCC(c2nnc3n2CCNC3)CC1.Cl. The number of methoxy groups -OCH3 is 1. The average Bonchev–Trinajstić information content (AvgIpc) is 3.11. The van der Waals surface area contributed by atoms with Crippen LogP contribution in [-0.4, -0.2) is 52.3 Å². The summed E-state index contributed by atoms with van der Waals surface area (Å²) in [5, 5.41) is 12.1. The average molecular weight is 378 g/mol. The molecule has 0 saturated carbocycles. The Balaban J connectivity index is 0.00000196. The number of nitrogens with zero attached hydrogens (tertiary/aromatic N) is 4. The summed E-state index contributed by atoms with van der Waals surface area (Å²) >= 11 is 0. The van der Waals surface area contributed by atoms with E-state index in [4.69, 9.17) is 4.74 Å². The van der Waals surface area contributed by atoms with Crippen LogP contribution in [0.5, 0.6) is 5.75 Å². The number of aromatic nitrogens is 3. The summed E-state index contributed by atoms with van der Waals surface area (Å²) in [6.45, 7) is 4.16. The van der Waals surface area contributed by atoms with E-state index in [0.29, 0.717) is 17.2 Å². The largest absolute Gasteiger partial charge is 0.496 e. The number of ether oxygens (including phenoxy) is 1. The Morgan fingerprint density at radius 1 is 1.19 bits per heavy atom. The molecule has 7 nitrogen and oxygen atoms in total. The number of likely N-dealkylation sites (tertiary alicyclic amines) is 1. The number of nitrogens with one attached hydrogen (secondary N) is 1. The first kappa shape index (κ1) is 18.7. The number of rotatable bonds is 3. The Labute approximate surface area is 159 Å². The molecule has 0 atom stereocenters. The number of carbonyl (C=O) groups is 1. The lowest BCUT2D eigenvalue weighted by Gasteiger charge is -2.32. The Morgan fingerprint density at radius 2 is 1.96 bits per heavy atom. The van der Waals surface area contributed by atoms with Crippen LogP contribution in [0.4, 0.5) is 0 Å². The van der Waals surface area contributed by atoms with Gasteiger partial charge in [-0.2, -0.15) is 0 Å². The molecule has 1 fully saturated rings. The van der Waals surface area contributed by atoms with Crippen LogP contribution in [0.3, 0.4) is 0 Å². The molecule has 0 radical (unpaired) electrons. The highest BCUT2D eigenvalue weighted by molar-refractivity contribution is 5.97. The van der Waals surface area contributed by atoms with Gasteiger partial charge in [-0.3, -0.25) is 4.79 Å². The quantitative estimate of drug-likeness (QED) is 0.883. The number of para-hydroxylation sites is 1. The summed E-state index contributed by atoms with van der Waals surface area (Å²) < 4.78 is 7.57. The van der Waals surface area contributed by atoms with E-state index in [1.54, 1.807) is 7.11 Å². The molecule has 0 unspecified atom stereocenters. The number of amides is 1. The van der Waals surface area contributed by atoms with Gasteiger partial charge in [0, 0.05) is 32.1 Å². The molecule has 1 aromatic heterocycles. The standard InChI is InChI=1S/C18H23N5O2.ClH/c1-25-15-5-3-2-4-14(15)18(24)22-9-6-13(7-10-22)17-21-20-16-12-19-8-11-23(16)17;/h2-5,13,19H,6-12H2,1H3;1H. The summed E-state index contributed by atoms with van der Waals surface area (Å²) in [4.78, 5) is 14.7. The monoisotopic (exact) mass is 377 g/mol. The maximum Gasteiger partial charge on any atom is 0.257 e. The topological polar surface area (TPSA) is 72.3 Å². The van der Waals surface area contributed by atoms with Crippen molar-refractivity contribution in [3.05, 3.63) is 41.5 Å². The van der Waals surface area contributed by atoms with Crippen molar-refractivity contribution >= 4 is 18.3 Å². The van der Waals surface area contributed by atoms with Gasteiger partial charge in [0.2, 0.25) is 0 Å². The summed E-state index contributed by atoms with van der Waals surface area (Å²) in [6, 6.07) is 7.41. The van der Waals surface area contributed by atoms with Crippen LogP contribution in [0.15, 0.2) is 24.3 Å². The van der Waals surface area contributed by atoms with E-state index >= 15 is 0 Å². The smallest absolute Gasteiger partial charge is 0.257 e. The van der Waals surface area contributed by atoms with Crippen molar-refractivity contribution in [2.75, 3.05) is 26.7 Å². The molecule has 0 spiro atoms. The molecule has 0 aliphatic carbocycles. The van der Waals surface area contributed by atoms with Gasteiger partial charge in [0.25, 0.3) is 5.91 Å². The van der Waals surface area contributed by atoms with Gasteiger partial charge in [-0.1, -0.05) is 12.1 Å². The van der Waals surface area contributed by atoms with Crippen LogP contribution >= 0.6 is 12.4 Å². The van der Waals surface area contributed by atoms with E-state index in [0.717, 1.165) is 57.2 Å². The van der Waals surface area contributed by atoms with E-state index in [2.05, 4.69) is 20.1 Å². The predicted octanol–water partition coefficient (Wildman–Crippen LogP) is 1.83. The molecular formula is C18H24ClN5O2. The van der Waals surface area contributed by atoms with Crippen molar-refractivity contribution in [2.45, 2.75) is 31.8 Å². The van der Waals surface area contributed by atoms with Crippen molar-refractivity contribution < 1.29 is 9.53 Å². The van der Waals surface area contributed by atoms with E-state index in [-0.39, 0.29) is 18.3 Å². The molecule has 3 heterocycles. The highest BCUT2D eigenvalue weighted by Gasteiger charge is 2.29. The zero-order valence-corrected chi connectivity index (χ0v) is 15.7. The molecule has 2 aromatic rings. The van der Waals surface area contributed by atoms with Gasteiger partial charge in [-0.25, -0.2) is 0 Å². The van der Waals surface area contributed by atoms with E-state index in [9.17, 15) is 4.79 Å². The van der Waals surface area contributed by atoms with Crippen LogP contribution in [0.25, 0.3) is 0 Å². The third kappa shape index (κ3) is 3.41. The predicted molar refractivity (Wildman–Crippen MR) is 99.8 cm³/mol. The van der Waals surface area contributed by atoms with Gasteiger partial charge in [0.15, 0.2) is 0 Å². The molecule has 140 valence electrons. The van der Waals surface area contributed by atoms with Crippen molar-refractivity contribution in [3.63, 3.8) is 0 Å². The third-order valence-corrected chi connectivity index (χ3v) is 5.14. The first-order valence-electron chi connectivity index (χ1n) is 8.83. The summed E-state index contributed by atoms with van der Waals surface area (Å²) in [5.41, 5.74) is 0.634. The molecule has 0 bridgehead atoms. The first-order valence-corrected chi connectivity index (χ1v) is 8.83. The fraction of sp³-hybridized carbons (Fsp3) is 0.500. The molecule has 1 aromatic carbocycles. The lowest BCUT2D eigenvalue weighted by molar-refractivity contribution is 0.0706. The second-order valence-corrected chi connectivity index (χ2v) is 6.57. The molecular weight excluding hydrogens is 354 g/mol. The second-order valence-electron chi connectivity index (χ2n) is 6.57.